The molecule has 8 heteroatoms. The lowest BCUT2D eigenvalue weighted by molar-refractivity contribution is -0.119. The summed E-state index contributed by atoms with van der Waals surface area (Å²) in [5.41, 5.74) is 1.59. The van der Waals surface area contributed by atoms with Gasteiger partial charge < -0.3 is 10.6 Å². The Morgan fingerprint density at radius 1 is 1.43 bits per heavy atom. The number of nitrogens with zero attached hydrogens (tertiary/aromatic N) is 4. The number of carbonyl (C=O) groups is 1. The molecule has 7 nitrogen and oxygen atoms in total. The molecule has 0 aliphatic heterocycles. The Morgan fingerprint density at radius 2 is 2.19 bits per heavy atom. The Morgan fingerprint density at radius 3 is 2.81 bits per heavy atom. The SMILES string of the molecule is CNCC(C)C(=O)Nc1cccc(-c2nnnn2C)c1.Cl. The summed E-state index contributed by atoms with van der Waals surface area (Å²) in [6.45, 7) is 2.51. The Bertz CT molecular complexity index is 600. The third kappa shape index (κ3) is 4.24. The number of nitrogens with one attached hydrogen (secondary N) is 2. The van der Waals surface area contributed by atoms with Crippen molar-refractivity contribution in [3.63, 3.8) is 0 Å². The Labute approximate surface area is 129 Å². The van der Waals surface area contributed by atoms with Crippen LogP contribution in [0.5, 0.6) is 0 Å². The molecule has 0 spiro atoms. The molecule has 0 aliphatic carbocycles. The molecule has 0 fully saturated rings. The molecule has 0 radical (unpaired) electrons. The van der Waals surface area contributed by atoms with Crippen LogP contribution in [0, 0.1) is 5.92 Å². The molecule has 1 amide bonds. The number of tetrazole rings is 1. The van der Waals surface area contributed by atoms with E-state index in [2.05, 4.69) is 26.2 Å². The van der Waals surface area contributed by atoms with Gasteiger partial charge in [0.15, 0.2) is 5.82 Å². The van der Waals surface area contributed by atoms with Gasteiger partial charge in [-0.25, -0.2) is 4.68 Å². The van der Waals surface area contributed by atoms with E-state index in [-0.39, 0.29) is 24.2 Å². The van der Waals surface area contributed by atoms with Gasteiger partial charge >= 0.3 is 0 Å². The molecule has 0 saturated heterocycles. The summed E-state index contributed by atoms with van der Waals surface area (Å²) in [5.74, 6) is 0.539. The van der Waals surface area contributed by atoms with Crippen molar-refractivity contribution in [1.29, 1.82) is 0 Å². The van der Waals surface area contributed by atoms with Crippen molar-refractivity contribution >= 4 is 24.0 Å². The van der Waals surface area contributed by atoms with Crippen molar-refractivity contribution in [2.24, 2.45) is 13.0 Å². The number of hydrogen-bond donors (Lipinski definition) is 2. The maximum Gasteiger partial charge on any atom is 0.228 e. The van der Waals surface area contributed by atoms with Crippen LogP contribution in [0.15, 0.2) is 24.3 Å². The summed E-state index contributed by atoms with van der Waals surface area (Å²) in [6, 6.07) is 7.47. The fraction of sp³-hybridized carbons (Fsp3) is 0.385. The lowest BCUT2D eigenvalue weighted by atomic mass is 10.1. The largest absolute Gasteiger partial charge is 0.326 e. The molecule has 2 aromatic rings. The van der Waals surface area contributed by atoms with Crippen molar-refractivity contribution < 1.29 is 4.79 Å². The van der Waals surface area contributed by atoms with Gasteiger partial charge in [-0.2, -0.15) is 0 Å². The number of aromatic nitrogens is 4. The van der Waals surface area contributed by atoms with E-state index in [1.54, 1.807) is 11.7 Å². The lowest BCUT2D eigenvalue weighted by Crippen LogP contribution is -2.28. The number of amides is 1. The summed E-state index contributed by atoms with van der Waals surface area (Å²) < 4.78 is 1.59. The van der Waals surface area contributed by atoms with Crippen molar-refractivity contribution in [1.82, 2.24) is 25.5 Å². The minimum absolute atomic E-state index is 0. The fourth-order valence-corrected chi connectivity index (χ4v) is 1.87. The van der Waals surface area contributed by atoms with Crippen LogP contribution in [0.3, 0.4) is 0 Å². The normalized spacial score (nSPS) is 11.6. The number of aryl methyl sites for hydroxylation is 1. The van der Waals surface area contributed by atoms with Gasteiger partial charge in [0.25, 0.3) is 0 Å². The summed E-state index contributed by atoms with van der Waals surface area (Å²) in [7, 11) is 3.60. The molecule has 0 aliphatic rings. The predicted molar refractivity (Wildman–Crippen MR) is 83.2 cm³/mol. The third-order valence-electron chi connectivity index (χ3n) is 2.97. The molecule has 2 rings (SSSR count). The third-order valence-corrected chi connectivity index (χ3v) is 2.97. The highest BCUT2D eigenvalue weighted by molar-refractivity contribution is 5.93. The van der Waals surface area contributed by atoms with E-state index in [0.29, 0.717) is 12.4 Å². The van der Waals surface area contributed by atoms with Crippen LogP contribution in [0.4, 0.5) is 5.69 Å². The van der Waals surface area contributed by atoms with Gasteiger partial charge in [0.2, 0.25) is 5.91 Å². The van der Waals surface area contributed by atoms with Crippen LogP contribution in [0.25, 0.3) is 11.4 Å². The average Bonchev–Trinajstić information content (AvgIpc) is 2.85. The molecule has 1 unspecified atom stereocenters. The second-order valence-electron chi connectivity index (χ2n) is 4.65. The van der Waals surface area contributed by atoms with Gasteiger partial charge in [-0.15, -0.1) is 17.5 Å². The lowest BCUT2D eigenvalue weighted by Gasteiger charge is -2.12. The van der Waals surface area contributed by atoms with Gasteiger partial charge in [0.1, 0.15) is 0 Å². The number of halogens is 1. The zero-order valence-corrected chi connectivity index (χ0v) is 13.0. The number of carbonyl (C=O) groups excluding carboxylic acids is 1. The molecular formula is C13H19ClN6O. The van der Waals surface area contributed by atoms with E-state index in [0.717, 1.165) is 11.3 Å². The van der Waals surface area contributed by atoms with Gasteiger partial charge in [-0.1, -0.05) is 19.1 Å². The van der Waals surface area contributed by atoms with Crippen molar-refractivity contribution in [2.45, 2.75) is 6.92 Å². The molecule has 0 saturated carbocycles. The standard InChI is InChI=1S/C13H18N6O.ClH/c1-9(8-14-2)13(20)15-11-6-4-5-10(7-11)12-16-17-18-19(12)3;/h4-7,9,14H,8H2,1-3H3,(H,15,20);1H. The van der Waals surface area contributed by atoms with Crippen LogP contribution in [0.2, 0.25) is 0 Å². The Hall–Kier alpha value is -1.99. The van der Waals surface area contributed by atoms with Crippen LogP contribution >= 0.6 is 12.4 Å². The van der Waals surface area contributed by atoms with Gasteiger partial charge in [0.05, 0.1) is 0 Å². The predicted octanol–water partition coefficient (Wildman–Crippen LogP) is 1.09. The fourth-order valence-electron chi connectivity index (χ4n) is 1.87. The average molecular weight is 311 g/mol. The second kappa shape index (κ2) is 7.70. The molecule has 1 atom stereocenters. The van der Waals surface area contributed by atoms with Gasteiger partial charge in [-0.3, -0.25) is 4.79 Å². The molecule has 1 aromatic carbocycles. The highest BCUT2D eigenvalue weighted by Gasteiger charge is 2.13. The van der Waals surface area contributed by atoms with Crippen LogP contribution in [-0.2, 0) is 11.8 Å². The van der Waals surface area contributed by atoms with Gasteiger partial charge in [0, 0.05) is 30.8 Å². The quantitative estimate of drug-likeness (QED) is 0.863. The van der Waals surface area contributed by atoms with E-state index in [1.807, 2.05) is 38.2 Å². The minimum atomic E-state index is -0.0971. The van der Waals surface area contributed by atoms with E-state index in [1.165, 1.54) is 0 Å². The second-order valence-corrected chi connectivity index (χ2v) is 4.65. The number of rotatable bonds is 5. The van der Waals surface area contributed by atoms with Crippen molar-refractivity contribution in [2.75, 3.05) is 18.9 Å². The first-order chi connectivity index (χ1) is 9.61. The zero-order chi connectivity index (χ0) is 14.5. The summed E-state index contributed by atoms with van der Waals surface area (Å²) in [4.78, 5) is 12.0. The van der Waals surface area contributed by atoms with Crippen molar-refractivity contribution in [3.05, 3.63) is 24.3 Å². The monoisotopic (exact) mass is 310 g/mol. The number of anilines is 1. The smallest absolute Gasteiger partial charge is 0.228 e. The molecule has 21 heavy (non-hydrogen) atoms. The molecule has 114 valence electrons. The minimum Gasteiger partial charge on any atom is -0.326 e. The number of benzene rings is 1. The molecule has 1 heterocycles. The first-order valence-electron chi connectivity index (χ1n) is 6.40. The van der Waals surface area contributed by atoms with Gasteiger partial charge in [-0.05, 0) is 29.6 Å². The zero-order valence-electron chi connectivity index (χ0n) is 12.2. The number of hydrogen-bond acceptors (Lipinski definition) is 5. The first-order valence-corrected chi connectivity index (χ1v) is 6.40. The van der Waals surface area contributed by atoms with Crippen LogP contribution < -0.4 is 10.6 Å². The maximum atomic E-state index is 12.0. The molecule has 0 bridgehead atoms. The van der Waals surface area contributed by atoms with Crippen molar-refractivity contribution in [3.8, 4) is 11.4 Å². The molecular weight excluding hydrogens is 292 g/mol. The first kappa shape index (κ1) is 17.1. The van der Waals surface area contributed by atoms with E-state index in [9.17, 15) is 4.79 Å². The molecule has 2 N–H and O–H groups in total. The topological polar surface area (TPSA) is 84.7 Å². The van der Waals surface area contributed by atoms with E-state index in [4.69, 9.17) is 0 Å². The summed E-state index contributed by atoms with van der Waals surface area (Å²) in [5, 5.41) is 17.2. The highest BCUT2D eigenvalue weighted by atomic mass is 35.5. The summed E-state index contributed by atoms with van der Waals surface area (Å²) >= 11 is 0. The van der Waals surface area contributed by atoms with Crippen LogP contribution in [-0.4, -0.2) is 39.7 Å². The Balaban J connectivity index is 0.00000220. The van der Waals surface area contributed by atoms with Crippen LogP contribution in [0.1, 0.15) is 6.92 Å². The summed E-state index contributed by atoms with van der Waals surface area (Å²) in [6.07, 6.45) is 0. The highest BCUT2D eigenvalue weighted by Crippen LogP contribution is 2.19. The van der Waals surface area contributed by atoms with E-state index >= 15 is 0 Å². The molecule has 1 aromatic heterocycles. The maximum absolute atomic E-state index is 12.0. The van der Waals surface area contributed by atoms with E-state index < -0.39 is 0 Å². The Kier molecular flexibility index (Phi) is 6.26.